The molecule has 1 amide bonds. The van der Waals surface area contributed by atoms with Gasteiger partial charge in [0, 0.05) is 43.1 Å². The molecule has 0 bridgehead atoms. The second-order valence-electron chi connectivity index (χ2n) is 9.29. The van der Waals surface area contributed by atoms with E-state index in [1.165, 1.54) is 16.2 Å². The zero-order valence-corrected chi connectivity index (χ0v) is 23.3. The molecule has 2 aromatic carbocycles. The average molecular weight is 574 g/mol. The van der Waals surface area contributed by atoms with Crippen LogP contribution in [-0.4, -0.2) is 50.7 Å². The normalized spacial score (nSPS) is 17.1. The summed E-state index contributed by atoms with van der Waals surface area (Å²) in [5, 5.41) is 0.700. The van der Waals surface area contributed by atoms with Crippen molar-refractivity contribution in [3.8, 4) is 0 Å². The van der Waals surface area contributed by atoms with Gasteiger partial charge < -0.3 is 9.80 Å². The molecule has 196 valence electrons. The lowest BCUT2D eigenvalue weighted by molar-refractivity contribution is -0.122. The summed E-state index contributed by atoms with van der Waals surface area (Å²) in [6.07, 6.45) is 3.36. The predicted octanol–water partition coefficient (Wildman–Crippen LogP) is 5.08. The van der Waals surface area contributed by atoms with Crippen molar-refractivity contribution >= 4 is 69.0 Å². The number of nitrogens with zero attached hydrogens (tertiary/aromatic N) is 5. The number of thioether (sulfide) groups is 1. The van der Waals surface area contributed by atoms with Crippen LogP contribution < -0.4 is 15.4 Å². The second-order valence-corrected chi connectivity index (χ2v) is 11.4. The van der Waals surface area contributed by atoms with Crippen LogP contribution in [0.25, 0.3) is 11.7 Å². The Morgan fingerprint density at radius 2 is 1.67 bits per heavy atom. The molecule has 2 saturated heterocycles. The highest BCUT2D eigenvalue weighted by Gasteiger charge is 2.33. The fourth-order valence-electron chi connectivity index (χ4n) is 4.84. The van der Waals surface area contributed by atoms with Gasteiger partial charge in [-0.2, -0.15) is 0 Å². The summed E-state index contributed by atoms with van der Waals surface area (Å²) in [6, 6.07) is 23.0. The number of fused-ring (bicyclic) bond motifs is 1. The van der Waals surface area contributed by atoms with Gasteiger partial charge in [0.1, 0.15) is 15.8 Å². The average Bonchev–Trinajstić information content (AvgIpc) is 3.22. The number of thiocarbonyl (C=S) groups is 1. The number of aromatic nitrogens is 2. The van der Waals surface area contributed by atoms with Crippen molar-refractivity contribution in [2.24, 2.45) is 0 Å². The lowest BCUT2D eigenvalue weighted by Gasteiger charge is -2.37. The Balaban J connectivity index is 1.33. The van der Waals surface area contributed by atoms with Crippen molar-refractivity contribution in [1.29, 1.82) is 0 Å². The minimum absolute atomic E-state index is 0.205. The van der Waals surface area contributed by atoms with Gasteiger partial charge in [0.15, 0.2) is 0 Å². The zero-order chi connectivity index (χ0) is 26.9. The standard InChI is InChI=1S/C29H24ClN5O2S2/c30-21-9-6-10-22(17-21)32-13-15-33(16-14-32)26-23(27(36)34-12-5-4-11-25(34)31-26)18-24-28(37)35(29(38)39-24)19-20-7-2-1-3-8-20/h1-12,17-18H,13-16,19H2. The molecular formula is C29H24ClN5O2S2. The minimum Gasteiger partial charge on any atom is -0.368 e. The number of rotatable bonds is 5. The Bertz CT molecular complexity index is 1670. The van der Waals surface area contributed by atoms with E-state index in [4.69, 9.17) is 28.8 Å². The third-order valence-corrected chi connectivity index (χ3v) is 8.45. The molecule has 0 unspecified atom stereocenters. The van der Waals surface area contributed by atoms with Crippen LogP contribution in [-0.2, 0) is 11.3 Å². The largest absolute Gasteiger partial charge is 0.368 e. The lowest BCUT2D eigenvalue weighted by atomic mass is 10.2. The fraction of sp³-hybridized carbons (Fsp3) is 0.172. The van der Waals surface area contributed by atoms with Gasteiger partial charge in [-0.15, -0.1) is 0 Å². The van der Waals surface area contributed by atoms with E-state index in [0.29, 0.717) is 50.9 Å². The molecule has 39 heavy (non-hydrogen) atoms. The molecule has 4 aromatic rings. The van der Waals surface area contributed by atoms with Gasteiger partial charge in [-0.3, -0.25) is 18.9 Å². The van der Waals surface area contributed by atoms with E-state index in [2.05, 4.69) is 9.80 Å². The summed E-state index contributed by atoms with van der Waals surface area (Å²) >= 11 is 13.0. The van der Waals surface area contributed by atoms with Crippen LogP contribution in [0.15, 0.2) is 88.7 Å². The maximum absolute atomic E-state index is 13.7. The first-order valence-corrected chi connectivity index (χ1v) is 14.1. The van der Waals surface area contributed by atoms with E-state index >= 15 is 0 Å². The van der Waals surface area contributed by atoms with E-state index in [1.807, 2.05) is 66.7 Å². The summed E-state index contributed by atoms with van der Waals surface area (Å²) in [4.78, 5) is 38.4. The van der Waals surface area contributed by atoms with Crippen molar-refractivity contribution in [2.75, 3.05) is 36.0 Å². The monoisotopic (exact) mass is 573 g/mol. The number of benzene rings is 2. The third kappa shape index (κ3) is 5.17. The van der Waals surface area contributed by atoms with Gasteiger partial charge in [-0.25, -0.2) is 4.98 Å². The SMILES string of the molecule is O=C1C(=Cc2c(N3CCN(c4cccc(Cl)c4)CC3)nc3ccccn3c2=O)SC(=S)N1Cc1ccccc1. The molecule has 0 atom stereocenters. The van der Waals surface area contributed by atoms with Crippen LogP contribution in [0.1, 0.15) is 11.1 Å². The fourth-order valence-corrected chi connectivity index (χ4v) is 6.26. The number of piperazine rings is 1. The summed E-state index contributed by atoms with van der Waals surface area (Å²) < 4.78 is 1.99. The first kappa shape index (κ1) is 25.6. The molecule has 0 spiro atoms. The Kier molecular flexibility index (Phi) is 7.12. The van der Waals surface area contributed by atoms with Gasteiger partial charge in [0.2, 0.25) is 0 Å². The van der Waals surface area contributed by atoms with Gasteiger partial charge in [0.05, 0.1) is 17.0 Å². The zero-order valence-electron chi connectivity index (χ0n) is 20.9. The lowest BCUT2D eigenvalue weighted by Crippen LogP contribution is -2.47. The minimum atomic E-state index is -0.221. The van der Waals surface area contributed by atoms with Crippen molar-refractivity contribution in [2.45, 2.75) is 6.54 Å². The summed E-state index contributed by atoms with van der Waals surface area (Å²) in [5.41, 5.74) is 2.77. The third-order valence-electron chi connectivity index (χ3n) is 6.83. The first-order chi connectivity index (χ1) is 19.0. The van der Waals surface area contributed by atoms with Gasteiger partial charge >= 0.3 is 0 Å². The van der Waals surface area contributed by atoms with Crippen LogP contribution in [0.3, 0.4) is 0 Å². The molecular weight excluding hydrogens is 550 g/mol. The van der Waals surface area contributed by atoms with Gasteiger partial charge in [-0.05, 0) is 42.0 Å². The highest BCUT2D eigenvalue weighted by atomic mass is 35.5. The predicted molar refractivity (Wildman–Crippen MR) is 162 cm³/mol. The topological polar surface area (TPSA) is 61.2 Å². The number of amides is 1. The number of pyridine rings is 1. The highest BCUT2D eigenvalue weighted by molar-refractivity contribution is 8.26. The van der Waals surface area contributed by atoms with Crippen LogP contribution in [0.5, 0.6) is 0 Å². The van der Waals surface area contributed by atoms with Crippen molar-refractivity contribution in [3.05, 3.63) is 110 Å². The number of hydrogen-bond acceptors (Lipinski definition) is 7. The highest BCUT2D eigenvalue weighted by Crippen LogP contribution is 2.34. The Morgan fingerprint density at radius 1 is 0.923 bits per heavy atom. The van der Waals surface area contributed by atoms with Crippen molar-refractivity contribution < 1.29 is 4.79 Å². The molecule has 2 aliphatic heterocycles. The molecule has 10 heteroatoms. The van der Waals surface area contributed by atoms with Crippen LogP contribution in [0.4, 0.5) is 11.5 Å². The van der Waals surface area contributed by atoms with Crippen LogP contribution in [0, 0.1) is 0 Å². The summed E-state index contributed by atoms with van der Waals surface area (Å²) in [5.74, 6) is 0.369. The van der Waals surface area contributed by atoms with E-state index in [0.717, 1.165) is 24.3 Å². The summed E-state index contributed by atoms with van der Waals surface area (Å²) in [7, 11) is 0. The van der Waals surface area contributed by atoms with Crippen molar-refractivity contribution in [1.82, 2.24) is 14.3 Å². The molecule has 0 radical (unpaired) electrons. The van der Waals surface area contributed by atoms with E-state index < -0.39 is 0 Å². The van der Waals surface area contributed by atoms with Gasteiger partial charge in [-0.1, -0.05) is 78.0 Å². The molecule has 7 nitrogen and oxygen atoms in total. The smallest absolute Gasteiger partial charge is 0.267 e. The maximum Gasteiger partial charge on any atom is 0.267 e. The molecule has 2 aliphatic rings. The molecule has 6 rings (SSSR count). The van der Waals surface area contributed by atoms with E-state index in [-0.39, 0.29) is 11.5 Å². The Labute approximate surface area is 240 Å². The molecule has 2 aromatic heterocycles. The Morgan fingerprint density at radius 3 is 2.44 bits per heavy atom. The summed E-state index contributed by atoms with van der Waals surface area (Å²) in [6.45, 7) is 3.20. The van der Waals surface area contributed by atoms with E-state index in [9.17, 15) is 9.59 Å². The Hall–Kier alpha value is -3.66. The maximum atomic E-state index is 13.7. The number of anilines is 2. The molecule has 2 fully saturated rings. The second kappa shape index (κ2) is 10.8. The van der Waals surface area contributed by atoms with E-state index in [1.54, 1.807) is 23.2 Å². The quantitative estimate of drug-likeness (QED) is 0.244. The van der Waals surface area contributed by atoms with Crippen LogP contribution in [0.2, 0.25) is 5.02 Å². The first-order valence-electron chi connectivity index (χ1n) is 12.5. The molecule has 0 N–H and O–H groups in total. The number of halogens is 1. The van der Waals surface area contributed by atoms with Gasteiger partial charge in [0.25, 0.3) is 11.5 Å². The van der Waals surface area contributed by atoms with Crippen LogP contribution >= 0.6 is 35.6 Å². The van der Waals surface area contributed by atoms with Crippen molar-refractivity contribution in [3.63, 3.8) is 0 Å². The number of hydrogen-bond donors (Lipinski definition) is 0. The molecule has 0 saturated carbocycles. The number of carbonyl (C=O) groups is 1. The molecule has 0 aliphatic carbocycles. The number of carbonyl (C=O) groups excluding carboxylic acids is 1. The molecule has 4 heterocycles.